The Morgan fingerprint density at radius 1 is 1.00 bits per heavy atom. The number of carboxylic acid groups (broad SMARTS) is 1. The van der Waals surface area contributed by atoms with Crippen molar-refractivity contribution in [1.82, 2.24) is 0 Å². The van der Waals surface area contributed by atoms with Crippen molar-refractivity contribution in [2.24, 2.45) is 0 Å². The molecule has 0 fully saturated rings. The molecular weight excluding hydrogens is 283 g/mol. The Morgan fingerprint density at radius 3 is 1.36 bits per heavy atom. The maximum absolute atomic E-state index is 11.0. The summed E-state index contributed by atoms with van der Waals surface area (Å²) in [6, 6.07) is 0. The van der Waals surface area contributed by atoms with Gasteiger partial charge in [-0.1, -0.05) is 0 Å². The minimum atomic E-state index is -2.52. The van der Waals surface area contributed by atoms with Crippen molar-refractivity contribution < 1.29 is 9.90 Å². The van der Waals surface area contributed by atoms with Gasteiger partial charge in [-0.3, -0.25) is 0 Å². The molecule has 0 aliphatic rings. The van der Waals surface area contributed by atoms with Crippen LogP contribution in [0.15, 0.2) is 0 Å². The van der Waals surface area contributed by atoms with E-state index in [-0.39, 0.29) is 0 Å². The van der Waals surface area contributed by atoms with Crippen LogP contribution in [0, 0.1) is 0 Å². The van der Waals surface area contributed by atoms with Gasteiger partial charge in [-0.05, 0) is 0 Å². The fourth-order valence-electron chi connectivity index (χ4n) is 2.87. The third-order valence-corrected chi connectivity index (χ3v) is 24.7. The molecule has 0 spiro atoms. The number of hydrogen-bond acceptors (Lipinski definition) is 1. The average Bonchev–Trinajstić information content (AvgIpc) is 1.97. The van der Waals surface area contributed by atoms with Crippen LogP contribution in [0.4, 0.5) is 0 Å². The van der Waals surface area contributed by atoms with Gasteiger partial charge in [-0.25, -0.2) is 0 Å². The molecule has 0 aromatic carbocycles. The van der Waals surface area contributed by atoms with Gasteiger partial charge in [-0.15, -0.1) is 0 Å². The molecule has 0 saturated carbocycles. The van der Waals surface area contributed by atoms with E-state index in [2.05, 4.69) is 41.5 Å². The molecule has 0 rings (SSSR count). The third-order valence-electron chi connectivity index (χ3n) is 3.68. The quantitative estimate of drug-likeness (QED) is 0.785. The van der Waals surface area contributed by atoms with Crippen LogP contribution >= 0.6 is 0 Å². The van der Waals surface area contributed by atoms with E-state index in [1.54, 1.807) is 0 Å². The average molecular weight is 307 g/mol. The number of hydrogen-bond donors (Lipinski definition) is 1. The summed E-state index contributed by atoms with van der Waals surface area (Å²) in [5.41, 5.74) is 0. The molecular formula is C11H24O2Sn. The molecule has 0 radical (unpaired) electrons. The normalized spacial score (nSPS) is 12.9. The summed E-state index contributed by atoms with van der Waals surface area (Å²) in [4.78, 5) is 11.0. The Balaban J connectivity index is 5.05. The molecule has 0 aliphatic carbocycles. The van der Waals surface area contributed by atoms with Crippen molar-refractivity contribution in [2.45, 2.75) is 57.8 Å². The molecule has 0 heterocycles. The molecule has 0 bridgehead atoms. The van der Waals surface area contributed by atoms with E-state index in [4.69, 9.17) is 5.11 Å². The van der Waals surface area contributed by atoms with Gasteiger partial charge >= 0.3 is 92.0 Å². The van der Waals surface area contributed by atoms with Crippen molar-refractivity contribution >= 4 is 24.3 Å². The minimum absolute atomic E-state index is 0.488. The van der Waals surface area contributed by atoms with E-state index in [0.29, 0.717) is 16.2 Å². The van der Waals surface area contributed by atoms with E-state index >= 15 is 0 Å². The second kappa shape index (κ2) is 5.38. The summed E-state index contributed by atoms with van der Waals surface area (Å²) in [5, 5.41) is 9.05. The molecule has 2 nitrogen and oxygen atoms in total. The van der Waals surface area contributed by atoms with Gasteiger partial charge in [0.1, 0.15) is 0 Å². The van der Waals surface area contributed by atoms with Crippen LogP contribution in [0.5, 0.6) is 0 Å². The second-order valence-electron chi connectivity index (χ2n) is 5.15. The van der Waals surface area contributed by atoms with Gasteiger partial charge in [0, 0.05) is 0 Å². The zero-order chi connectivity index (χ0) is 11.5. The number of aliphatic carboxylic acids is 1. The van der Waals surface area contributed by atoms with E-state index in [9.17, 15) is 4.79 Å². The van der Waals surface area contributed by atoms with Crippen LogP contribution in [0.1, 0.15) is 41.5 Å². The Hall–Kier alpha value is 0.269. The van der Waals surface area contributed by atoms with Gasteiger partial charge in [0.05, 0.1) is 0 Å². The van der Waals surface area contributed by atoms with Gasteiger partial charge in [0.25, 0.3) is 0 Å². The standard InChI is InChI=1S/3C3H7.C2H3O2.Sn/c3*1-3-2;1-2(3)4;/h3*3H,1-2H3;1H2,(H,3,4);. The first-order valence-corrected chi connectivity index (χ1v) is 12.4. The van der Waals surface area contributed by atoms with Crippen LogP contribution in [0.2, 0.25) is 16.2 Å². The molecule has 0 unspecified atom stereocenters. The summed E-state index contributed by atoms with van der Waals surface area (Å²) in [6.07, 6.45) is 0. The number of carbonyl (C=O) groups is 1. The molecule has 1 N–H and O–H groups in total. The predicted octanol–water partition coefficient (Wildman–Crippen LogP) is 3.75. The van der Waals surface area contributed by atoms with E-state index in [1.165, 1.54) is 0 Å². The fourth-order valence-corrected chi connectivity index (χ4v) is 19.3. The Bertz CT molecular complexity index is 176. The van der Waals surface area contributed by atoms with E-state index in [1.807, 2.05) is 0 Å². The van der Waals surface area contributed by atoms with Gasteiger partial charge in [-0.2, -0.15) is 0 Å². The monoisotopic (exact) mass is 308 g/mol. The van der Waals surface area contributed by atoms with E-state index < -0.39 is 24.3 Å². The molecule has 0 amide bonds. The summed E-state index contributed by atoms with van der Waals surface area (Å²) in [6.45, 7) is 13.3. The molecule has 0 saturated heterocycles. The molecule has 3 heteroatoms. The van der Waals surface area contributed by atoms with Crippen LogP contribution < -0.4 is 0 Å². The molecule has 0 aliphatic heterocycles. The summed E-state index contributed by atoms with van der Waals surface area (Å²) in [5.74, 6) is -0.586. The Kier molecular flexibility index (Phi) is 5.48. The molecule has 14 heavy (non-hydrogen) atoms. The fraction of sp³-hybridized carbons (Fsp3) is 0.909. The van der Waals surface area contributed by atoms with Crippen LogP contribution in [0.3, 0.4) is 0 Å². The first-order valence-electron chi connectivity index (χ1n) is 5.46. The van der Waals surface area contributed by atoms with Crippen LogP contribution in [0.25, 0.3) is 0 Å². The number of rotatable bonds is 5. The Morgan fingerprint density at radius 2 is 1.29 bits per heavy atom. The molecule has 0 atom stereocenters. The second-order valence-corrected chi connectivity index (χ2v) is 22.4. The van der Waals surface area contributed by atoms with Crippen molar-refractivity contribution in [3.05, 3.63) is 0 Å². The Labute approximate surface area is 92.0 Å². The van der Waals surface area contributed by atoms with Crippen LogP contribution in [-0.2, 0) is 4.79 Å². The molecule has 84 valence electrons. The zero-order valence-corrected chi connectivity index (χ0v) is 13.1. The van der Waals surface area contributed by atoms with Gasteiger partial charge in [0.15, 0.2) is 0 Å². The predicted molar refractivity (Wildman–Crippen MR) is 63.5 cm³/mol. The van der Waals surface area contributed by atoms with Crippen molar-refractivity contribution in [1.29, 1.82) is 0 Å². The first-order chi connectivity index (χ1) is 6.25. The summed E-state index contributed by atoms with van der Waals surface area (Å²) < 4.78 is 2.32. The van der Waals surface area contributed by atoms with Crippen LogP contribution in [-0.4, -0.2) is 29.5 Å². The van der Waals surface area contributed by atoms with Crippen molar-refractivity contribution in [3.8, 4) is 0 Å². The molecule has 0 aromatic heterocycles. The van der Waals surface area contributed by atoms with E-state index in [0.717, 1.165) is 0 Å². The first kappa shape index (κ1) is 14.3. The topological polar surface area (TPSA) is 37.3 Å². The molecule has 0 aromatic rings. The van der Waals surface area contributed by atoms with Gasteiger partial charge < -0.3 is 0 Å². The van der Waals surface area contributed by atoms with Crippen molar-refractivity contribution in [3.63, 3.8) is 0 Å². The summed E-state index contributed by atoms with van der Waals surface area (Å²) >= 11 is -2.52. The zero-order valence-electron chi connectivity index (χ0n) is 10.3. The maximum atomic E-state index is 11.0. The van der Waals surface area contributed by atoms with Crippen molar-refractivity contribution in [2.75, 3.05) is 0 Å². The summed E-state index contributed by atoms with van der Waals surface area (Å²) in [7, 11) is 0. The number of carboxylic acids is 1. The SMILES string of the molecule is C[CH](C)[Sn]([CH2]C(=O)O)([CH](C)C)[CH](C)C. The third kappa shape index (κ3) is 2.88. The van der Waals surface area contributed by atoms with Gasteiger partial charge in [0.2, 0.25) is 0 Å².